The van der Waals surface area contributed by atoms with Crippen molar-refractivity contribution in [2.24, 2.45) is 0 Å². The van der Waals surface area contributed by atoms with Gasteiger partial charge < -0.3 is 10.2 Å². The molecular formula is C20H34O2. The number of aliphatic hydroxyl groups is 2. The number of benzene rings is 1. The minimum Gasteiger partial charge on any atom is -0.390 e. The van der Waals surface area contributed by atoms with Crippen LogP contribution in [0.4, 0.5) is 0 Å². The van der Waals surface area contributed by atoms with Crippen LogP contribution in [-0.4, -0.2) is 15.8 Å². The molecule has 2 nitrogen and oxygen atoms in total. The first-order chi connectivity index (χ1) is 10.5. The van der Waals surface area contributed by atoms with Crippen LogP contribution in [0.25, 0.3) is 0 Å². The quantitative estimate of drug-likeness (QED) is 0.592. The van der Waals surface area contributed by atoms with E-state index in [2.05, 4.69) is 32.9 Å². The van der Waals surface area contributed by atoms with E-state index in [1.807, 2.05) is 12.1 Å². The van der Waals surface area contributed by atoms with E-state index >= 15 is 0 Å². The van der Waals surface area contributed by atoms with Crippen molar-refractivity contribution in [3.63, 3.8) is 0 Å². The zero-order valence-corrected chi connectivity index (χ0v) is 14.6. The fraction of sp³-hybridized carbons (Fsp3) is 0.700. The van der Waals surface area contributed by atoms with Gasteiger partial charge in [-0.25, -0.2) is 0 Å². The van der Waals surface area contributed by atoms with Gasteiger partial charge in [0.15, 0.2) is 0 Å². The number of hydrogen-bond acceptors (Lipinski definition) is 2. The van der Waals surface area contributed by atoms with E-state index in [4.69, 9.17) is 0 Å². The van der Waals surface area contributed by atoms with Crippen LogP contribution < -0.4 is 0 Å². The highest BCUT2D eigenvalue weighted by atomic mass is 16.3. The van der Waals surface area contributed by atoms with Crippen LogP contribution in [0, 0.1) is 0 Å². The topological polar surface area (TPSA) is 40.5 Å². The van der Waals surface area contributed by atoms with Crippen molar-refractivity contribution < 1.29 is 10.2 Å². The molecule has 0 amide bonds. The summed E-state index contributed by atoms with van der Waals surface area (Å²) in [5, 5.41) is 20.9. The van der Waals surface area contributed by atoms with Crippen LogP contribution in [0.15, 0.2) is 24.3 Å². The number of aliphatic hydroxyl groups excluding tert-OH is 1. The van der Waals surface area contributed by atoms with Crippen molar-refractivity contribution in [1.82, 2.24) is 0 Å². The van der Waals surface area contributed by atoms with E-state index in [0.29, 0.717) is 0 Å². The Bertz CT molecular complexity index is 408. The molecule has 0 fully saturated rings. The maximum atomic E-state index is 10.7. The smallest absolute Gasteiger partial charge is 0.0790 e. The van der Waals surface area contributed by atoms with Crippen molar-refractivity contribution in [2.75, 3.05) is 0 Å². The molecule has 0 unspecified atom stereocenters. The lowest BCUT2D eigenvalue weighted by Gasteiger charge is -2.27. The summed E-state index contributed by atoms with van der Waals surface area (Å²) in [6.45, 7) is 6.40. The molecule has 0 saturated carbocycles. The van der Waals surface area contributed by atoms with E-state index in [0.717, 1.165) is 63.4 Å². The molecule has 2 heteroatoms. The molecule has 2 N–H and O–H groups in total. The van der Waals surface area contributed by atoms with Gasteiger partial charge in [0.25, 0.3) is 0 Å². The highest BCUT2D eigenvalue weighted by molar-refractivity contribution is 5.25. The predicted molar refractivity (Wildman–Crippen MR) is 94.0 cm³/mol. The van der Waals surface area contributed by atoms with Gasteiger partial charge in [-0.15, -0.1) is 0 Å². The normalized spacial score (nSPS) is 13.3. The summed E-state index contributed by atoms with van der Waals surface area (Å²) in [5.41, 5.74) is 1.71. The van der Waals surface area contributed by atoms with Gasteiger partial charge in [-0.1, -0.05) is 70.7 Å². The molecule has 0 aliphatic heterocycles. The zero-order valence-electron chi connectivity index (χ0n) is 14.6. The highest BCUT2D eigenvalue weighted by Gasteiger charge is 2.24. The van der Waals surface area contributed by atoms with Crippen molar-refractivity contribution in [3.05, 3.63) is 35.4 Å². The Morgan fingerprint density at radius 2 is 1.68 bits per heavy atom. The monoisotopic (exact) mass is 306 g/mol. The third-order valence-corrected chi connectivity index (χ3v) is 4.48. The van der Waals surface area contributed by atoms with Crippen molar-refractivity contribution in [2.45, 2.75) is 90.3 Å². The second-order valence-electron chi connectivity index (χ2n) is 6.63. The minimum atomic E-state index is -0.527. The molecule has 0 saturated heterocycles. The lowest BCUT2D eigenvalue weighted by Crippen LogP contribution is -2.28. The van der Waals surface area contributed by atoms with Crippen molar-refractivity contribution >= 4 is 0 Å². The van der Waals surface area contributed by atoms with Crippen LogP contribution in [0.2, 0.25) is 0 Å². The number of rotatable bonds is 11. The summed E-state index contributed by atoms with van der Waals surface area (Å²) in [4.78, 5) is 0. The largest absolute Gasteiger partial charge is 0.390 e. The lowest BCUT2D eigenvalue weighted by molar-refractivity contribution is 0.0132. The number of hydrogen-bond donors (Lipinski definition) is 2. The van der Waals surface area contributed by atoms with Gasteiger partial charge in [0, 0.05) is 0 Å². The Morgan fingerprint density at radius 3 is 2.27 bits per heavy atom. The molecule has 0 heterocycles. The first-order valence-corrected chi connectivity index (χ1v) is 9.04. The third-order valence-electron chi connectivity index (χ3n) is 4.48. The fourth-order valence-electron chi connectivity index (χ4n) is 3.20. The molecule has 1 aromatic rings. The van der Waals surface area contributed by atoms with Crippen LogP contribution in [0.1, 0.15) is 89.4 Å². The van der Waals surface area contributed by atoms with Gasteiger partial charge in [-0.05, 0) is 43.2 Å². The Hall–Kier alpha value is -0.860. The molecular weight excluding hydrogens is 272 g/mol. The Balaban J connectivity index is 2.65. The minimum absolute atomic E-state index is 0.356. The second-order valence-corrected chi connectivity index (χ2v) is 6.63. The molecule has 0 aliphatic carbocycles. The second kappa shape index (κ2) is 10.0. The van der Waals surface area contributed by atoms with Gasteiger partial charge >= 0.3 is 0 Å². The predicted octanol–water partition coefficient (Wildman–Crippen LogP) is 5.17. The van der Waals surface area contributed by atoms with Crippen LogP contribution >= 0.6 is 0 Å². The van der Waals surface area contributed by atoms with E-state index in [9.17, 15) is 10.2 Å². The summed E-state index contributed by atoms with van der Waals surface area (Å²) in [6.07, 6.45) is 8.11. The highest BCUT2D eigenvalue weighted by Crippen LogP contribution is 2.26. The maximum Gasteiger partial charge on any atom is 0.0790 e. The molecule has 0 bridgehead atoms. The molecule has 126 valence electrons. The van der Waals surface area contributed by atoms with Gasteiger partial charge in [-0.2, -0.15) is 0 Å². The van der Waals surface area contributed by atoms with Crippen LogP contribution in [0.5, 0.6) is 0 Å². The van der Waals surface area contributed by atoms with E-state index in [1.54, 1.807) is 0 Å². The lowest BCUT2D eigenvalue weighted by atomic mass is 9.86. The van der Waals surface area contributed by atoms with E-state index in [1.165, 1.54) is 5.56 Å². The first kappa shape index (κ1) is 19.2. The summed E-state index contributed by atoms with van der Waals surface area (Å²) in [5.74, 6) is 0. The Morgan fingerprint density at radius 1 is 1.00 bits per heavy atom. The van der Waals surface area contributed by atoms with E-state index < -0.39 is 5.60 Å². The van der Waals surface area contributed by atoms with Gasteiger partial charge in [0.2, 0.25) is 0 Å². The summed E-state index contributed by atoms with van der Waals surface area (Å²) < 4.78 is 0. The molecule has 0 aliphatic rings. The van der Waals surface area contributed by atoms with Crippen LogP contribution in [-0.2, 0) is 6.42 Å². The summed E-state index contributed by atoms with van der Waals surface area (Å²) in [6, 6.07) is 8.25. The third kappa shape index (κ3) is 6.50. The van der Waals surface area contributed by atoms with Gasteiger partial charge in [0.1, 0.15) is 0 Å². The summed E-state index contributed by atoms with van der Waals surface area (Å²) >= 11 is 0. The molecule has 1 atom stereocenters. The summed E-state index contributed by atoms with van der Waals surface area (Å²) in [7, 11) is 0. The molecule has 0 radical (unpaired) electrons. The first-order valence-electron chi connectivity index (χ1n) is 9.04. The number of aryl methyl sites for hydroxylation is 1. The average molecular weight is 306 g/mol. The zero-order chi connectivity index (χ0) is 16.4. The van der Waals surface area contributed by atoms with Gasteiger partial charge in [0.05, 0.1) is 11.7 Å². The average Bonchev–Trinajstić information content (AvgIpc) is 2.51. The van der Waals surface area contributed by atoms with Crippen molar-refractivity contribution in [3.8, 4) is 0 Å². The molecule has 0 spiro atoms. The van der Waals surface area contributed by atoms with E-state index in [-0.39, 0.29) is 6.10 Å². The molecule has 22 heavy (non-hydrogen) atoms. The van der Waals surface area contributed by atoms with Crippen LogP contribution in [0.3, 0.4) is 0 Å². The fourth-order valence-corrected chi connectivity index (χ4v) is 3.20. The Kier molecular flexibility index (Phi) is 8.74. The van der Waals surface area contributed by atoms with Gasteiger partial charge in [-0.3, -0.25) is 0 Å². The Labute approximate surface area is 136 Å². The molecule has 1 rings (SSSR count). The standard InChI is InChI=1S/C20H34O2/c1-4-7-11-19(21)18-10-8-9-17(16-18)12-15-20(22,13-5-2)14-6-3/h8-10,16,19,21-22H,4-7,11-15H2,1-3H3/t19-/m1/s1. The SMILES string of the molecule is CCCC[C@@H](O)c1cccc(CCC(O)(CCC)CCC)c1. The van der Waals surface area contributed by atoms with Crippen molar-refractivity contribution in [1.29, 1.82) is 0 Å². The molecule has 1 aromatic carbocycles. The number of unbranched alkanes of at least 4 members (excludes halogenated alkanes) is 1. The molecule has 0 aromatic heterocycles. The maximum absolute atomic E-state index is 10.7.